The van der Waals surface area contributed by atoms with Gasteiger partial charge in [0, 0.05) is 33.9 Å². The maximum absolute atomic E-state index is 13.6. The largest absolute Gasteiger partial charge is 0.258 e. The zero-order valence-corrected chi connectivity index (χ0v) is 16.7. The highest BCUT2D eigenvalue weighted by atomic mass is 32.2. The Morgan fingerprint density at radius 1 is 0.759 bits per heavy atom. The predicted molar refractivity (Wildman–Crippen MR) is 115 cm³/mol. The summed E-state index contributed by atoms with van der Waals surface area (Å²) in [5, 5.41) is 5.64. The molecule has 140 valence electrons. The van der Waals surface area contributed by atoms with E-state index in [0.29, 0.717) is 20.7 Å². The third-order valence-electron chi connectivity index (χ3n) is 5.86. The normalized spacial score (nSPS) is 14.4. The van der Waals surface area contributed by atoms with E-state index in [0.717, 1.165) is 44.0 Å². The first-order chi connectivity index (χ1) is 14.0. The average Bonchev–Trinajstić information content (AvgIpc) is 2.71. The molecule has 3 aromatic carbocycles. The van der Waals surface area contributed by atoms with E-state index in [1.165, 1.54) is 0 Å². The Bertz CT molecular complexity index is 1640. The Morgan fingerprint density at radius 3 is 2.38 bits per heavy atom. The van der Waals surface area contributed by atoms with E-state index in [1.54, 1.807) is 18.3 Å². The van der Waals surface area contributed by atoms with Crippen LogP contribution in [0.3, 0.4) is 0 Å². The van der Waals surface area contributed by atoms with Crippen LogP contribution in [0.1, 0.15) is 11.4 Å². The molecule has 5 heteroatoms. The maximum atomic E-state index is 13.6. The molecular weight excluding hydrogens is 380 g/mol. The number of fused-ring (bicyclic) bond motifs is 6. The lowest BCUT2D eigenvalue weighted by molar-refractivity contribution is 0.596. The van der Waals surface area contributed by atoms with Crippen molar-refractivity contribution in [3.63, 3.8) is 0 Å². The molecule has 0 fully saturated rings. The second-order valence-electron chi connectivity index (χ2n) is 7.56. The van der Waals surface area contributed by atoms with Crippen molar-refractivity contribution in [1.82, 2.24) is 9.97 Å². The lowest BCUT2D eigenvalue weighted by atomic mass is 9.94. The summed E-state index contributed by atoms with van der Waals surface area (Å²) in [5.41, 5.74) is 3.26. The number of benzene rings is 3. The van der Waals surface area contributed by atoms with Crippen molar-refractivity contribution in [2.24, 2.45) is 0 Å². The molecule has 2 aromatic heterocycles. The number of rotatable bonds is 0. The summed E-state index contributed by atoms with van der Waals surface area (Å²) in [5.74, 6) is 0. The Hall–Kier alpha value is -3.31. The maximum Gasteiger partial charge on any atom is 0.207 e. The molecule has 5 aromatic rings. The van der Waals surface area contributed by atoms with Crippen LogP contribution in [0, 0.1) is 13.8 Å². The molecule has 0 atom stereocenters. The van der Waals surface area contributed by atoms with Gasteiger partial charge in [-0.2, -0.15) is 0 Å². The zero-order valence-electron chi connectivity index (χ0n) is 15.9. The summed E-state index contributed by atoms with van der Waals surface area (Å²) in [6.45, 7) is 3.95. The van der Waals surface area contributed by atoms with Crippen LogP contribution in [-0.2, 0) is 9.84 Å². The lowest BCUT2D eigenvalue weighted by Gasteiger charge is -2.21. The average molecular weight is 396 g/mol. The van der Waals surface area contributed by atoms with Crippen LogP contribution >= 0.6 is 0 Å². The van der Waals surface area contributed by atoms with Crippen LogP contribution in [0.2, 0.25) is 0 Å². The van der Waals surface area contributed by atoms with Gasteiger partial charge in [0.2, 0.25) is 9.84 Å². The Kier molecular flexibility index (Phi) is 3.09. The summed E-state index contributed by atoms with van der Waals surface area (Å²) in [6, 6.07) is 17.0. The standard InChI is InChI=1S/C24H16N2O2S/c1-13-11-19-15(14(2)26-13)7-8-16-17-9-10-25-24-18-5-3-4-6-21(18)29(27,28)22(23(17)24)12-20(16)19/h3-12H,1-2H3. The quantitative estimate of drug-likeness (QED) is 0.324. The molecule has 1 aliphatic heterocycles. The first-order valence-corrected chi connectivity index (χ1v) is 10.9. The van der Waals surface area contributed by atoms with E-state index in [4.69, 9.17) is 0 Å². The number of pyridine rings is 2. The molecule has 0 radical (unpaired) electrons. The minimum atomic E-state index is -3.64. The fraction of sp³-hybridized carbons (Fsp3) is 0.0833. The molecule has 0 spiro atoms. The van der Waals surface area contributed by atoms with Gasteiger partial charge >= 0.3 is 0 Å². The van der Waals surface area contributed by atoms with Crippen LogP contribution in [0.15, 0.2) is 70.6 Å². The second kappa shape index (κ2) is 5.39. The molecule has 0 saturated heterocycles. The molecule has 0 aliphatic carbocycles. The smallest absolute Gasteiger partial charge is 0.207 e. The Labute approximate surface area is 167 Å². The molecule has 0 bridgehead atoms. The molecular formula is C24H16N2O2S. The van der Waals surface area contributed by atoms with Crippen molar-refractivity contribution in [2.45, 2.75) is 23.6 Å². The van der Waals surface area contributed by atoms with Crippen LogP contribution in [0.4, 0.5) is 0 Å². The highest BCUT2D eigenvalue weighted by Crippen LogP contribution is 2.46. The van der Waals surface area contributed by atoms with Gasteiger partial charge in [-0.15, -0.1) is 0 Å². The van der Waals surface area contributed by atoms with E-state index in [2.05, 4.69) is 22.1 Å². The van der Waals surface area contributed by atoms with Crippen molar-refractivity contribution >= 4 is 42.2 Å². The summed E-state index contributed by atoms with van der Waals surface area (Å²) >= 11 is 0. The van der Waals surface area contributed by atoms with Gasteiger partial charge in [0.15, 0.2) is 0 Å². The van der Waals surface area contributed by atoms with Gasteiger partial charge < -0.3 is 0 Å². The first kappa shape index (κ1) is 16.6. The third kappa shape index (κ3) is 2.05. The van der Waals surface area contributed by atoms with E-state index in [-0.39, 0.29) is 0 Å². The molecule has 0 amide bonds. The topological polar surface area (TPSA) is 59.9 Å². The van der Waals surface area contributed by atoms with Crippen LogP contribution in [0.5, 0.6) is 0 Å². The van der Waals surface area contributed by atoms with Gasteiger partial charge in [-0.25, -0.2) is 8.42 Å². The van der Waals surface area contributed by atoms with Crippen LogP contribution in [-0.4, -0.2) is 18.4 Å². The summed E-state index contributed by atoms with van der Waals surface area (Å²) in [4.78, 5) is 9.79. The van der Waals surface area contributed by atoms with E-state index in [1.807, 2.05) is 44.2 Å². The highest BCUT2D eigenvalue weighted by molar-refractivity contribution is 7.92. The lowest BCUT2D eigenvalue weighted by Crippen LogP contribution is -2.11. The van der Waals surface area contributed by atoms with Crippen molar-refractivity contribution in [2.75, 3.05) is 0 Å². The van der Waals surface area contributed by atoms with Crippen molar-refractivity contribution in [3.05, 3.63) is 72.2 Å². The summed E-state index contributed by atoms with van der Waals surface area (Å²) in [6.07, 6.45) is 1.77. The van der Waals surface area contributed by atoms with Gasteiger partial charge in [0.1, 0.15) is 0 Å². The SMILES string of the molecule is Cc1cc2c(ccc3c4ccnc5c4c(cc23)S(=O)(=O)c2ccccc2-5)c(C)n1. The van der Waals surface area contributed by atoms with Crippen molar-refractivity contribution in [1.29, 1.82) is 0 Å². The van der Waals surface area contributed by atoms with Crippen molar-refractivity contribution in [3.8, 4) is 11.3 Å². The molecule has 1 aliphatic rings. The molecule has 3 heterocycles. The Morgan fingerprint density at radius 2 is 1.52 bits per heavy atom. The van der Waals surface area contributed by atoms with E-state index < -0.39 is 9.84 Å². The molecule has 4 nitrogen and oxygen atoms in total. The van der Waals surface area contributed by atoms with Crippen LogP contribution in [0.25, 0.3) is 43.6 Å². The molecule has 6 rings (SSSR count). The molecule has 29 heavy (non-hydrogen) atoms. The van der Waals surface area contributed by atoms with Gasteiger partial charge in [0.25, 0.3) is 0 Å². The summed E-state index contributed by atoms with van der Waals surface area (Å²) < 4.78 is 27.1. The second-order valence-corrected chi connectivity index (χ2v) is 9.45. The first-order valence-electron chi connectivity index (χ1n) is 9.44. The Balaban J connectivity index is 1.93. The van der Waals surface area contributed by atoms with Gasteiger partial charge in [-0.05, 0) is 59.7 Å². The highest BCUT2D eigenvalue weighted by Gasteiger charge is 2.32. The van der Waals surface area contributed by atoms with Gasteiger partial charge in [-0.3, -0.25) is 9.97 Å². The monoisotopic (exact) mass is 396 g/mol. The third-order valence-corrected chi connectivity index (χ3v) is 7.69. The number of aryl methyl sites for hydroxylation is 2. The number of aromatic nitrogens is 2. The molecule has 0 saturated carbocycles. The van der Waals surface area contributed by atoms with Gasteiger partial charge in [-0.1, -0.05) is 30.3 Å². The van der Waals surface area contributed by atoms with E-state index >= 15 is 0 Å². The van der Waals surface area contributed by atoms with Gasteiger partial charge in [0.05, 0.1) is 15.5 Å². The van der Waals surface area contributed by atoms with Crippen LogP contribution < -0.4 is 0 Å². The minimum absolute atomic E-state index is 0.320. The zero-order chi connectivity index (χ0) is 19.9. The fourth-order valence-electron chi connectivity index (χ4n) is 4.63. The molecule has 0 unspecified atom stereocenters. The van der Waals surface area contributed by atoms with E-state index in [9.17, 15) is 8.42 Å². The summed E-state index contributed by atoms with van der Waals surface area (Å²) in [7, 11) is -3.64. The minimum Gasteiger partial charge on any atom is -0.258 e. The number of hydrogen-bond acceptors (Lipinski definition) is 4. The molecule has 0 N–H and O–H groups in total. The fourth-order valence-corrected chi connectivity index (χ4v) is 6.33. The number of nitrogens with zero attached hydrogens (tertiary/aromatic N) is 2. The predicted octanol–water partition coefficient (Wildman–Crippen LogP) is 5.37. The van der Waals surface area contributed by atoms with Crippen molar-refractivity contribution < 1.29 is 8.42 Å². The number of sulfone groups is 1. The number of hydrogen-bond donors (Lipinski definition) is 0.